The lowest BCUT2D eigenvalue weighted by Crippen LogP contribution is -2.30. The molecule has 0 saturated carbocycles. The first-order valence-corrected chi connectivity index (χ1v) is 21.0. The normalized spacial score (nSPS) is 11.8. The highest BCUT2D eigenvalue weighted by molar-refractivity contribution is 5.71. The van der Waals surface area contributed by atoms with E-state index >= 15 is 0 Å². The van der Waals surface area contributed by atoms with Crippen LogP contribution in [-0.4, -0.2) is 37.2 Å². The summed E-state index contributed by atoms with van der Waals surface area (Å²) in [6.07, 6.45) is 36.5. The molecule has 284 valence electrons. The molecule has 0 aliphatic heterocycles. The largest absolute Gasteiger partial charge is 0.462 e. The van der Waals surface area contributed by atoms with Crippen molar-refractivity contribution in [3.05, 3.63) is 0 Å². The Morgan fingerprint density at radius 1 is 0.333 bits per heavy atom. The molecule has 0 aliphatic rings. The summed E-state index contributed by atoms with van der Waals surface area (Å²) in [4.78, 5) is 37.5. The van der Waals surface area contributed by atoms with Crippen LogP contribution in [0, 0.1) is 0 Å². The Labute approximate surface area is 298 Å². The maximum absolute atomic E-state index is 12.6. The van der Waals surface area contributed by atoms with E-state index in [0.717, 1.165) is 57.8 Å². The summed E-state index contributed by atoms with van der Waals surface area (Å²) in [7, 11) is 0. The van der Waals surface area contributed by atoms with Gasteiger partial charge in [-0.05, 0) is 19.3 Å². The Hall–Kier alpha value is -1.59. The van der Waals surface area contributed by atoms with Gasteiger partial charge in [-0.2, -0.15) is 0 Å². The molecule has 0 radical (unpaired) electrons. The van der Waals surface area contributed by atoms with E-state index in [1.807, 2.05) is 0 Å². The third-order valence-corrected chi connectivity index (χ3v) is 9.36. The van der Waals surface area contributed by atoms with Gasteiger partial charge < -0.3 is 14.2 Å². The topological polar surface area (TPSA) is 78.9 Å². The lowest BCUT2D eigenvalue weighted by Gasteiger charge is -2.18. The highest BCUT2D eigenvalue weighted by atomic mass is 16.6. The Morgan fingerprint density at radius 3 is 0.833 bits per heavy atom. The van der Waals surface area contributed by atoms with E-state index < -0.39 is 6.10 Å². The summed E-state index contributed by atoms with van der Waals surface area (Å²) in [6.45, 7) is 6.60. The average Bonchev–Trinajstić information content (AvgIpc) is 3.08. The van der Waals surface area contributed by atoms with Crippen LogP contribution < -0.4 is 0 Å². The van der Waals surface area contributed by atoms with Crippen molar-refractivity contribution in [3.8, 4) is 0 Å². The van der Waals surface area contributed by atoms with E-state index in [1.165, 1.54) is 135 Å². The zero-order valence-corrected chi connectivity index (χ0v) is 32.3. The van der Waals surface area contributed by atoms with Crippen LogP contribution in [0.2, 0.25) is 0 Å². The standard InChI is InChI=1S/C42H80O6/c1-4-7-10-13-16-19-21-24-27-30-33-36-42(45)48-39(37-46-40(43)34-31-28-25-22-18-15-12-9-6-3)38-47-41(44)35-32-29-26-23-20-17-14-11-8-5-2/h39H,4-38H2,1-3H3/t39-/m1/s1. The highest BCUT2D eigenvalue weighted by Gasteiger charge is 2.19. The van der Waals surface area contributed by atoms with Crippen LogP contribution in [0.3, 0.4) is 0 Å². The SMILES string of the molecule is CCCCCCCCCCCCCC(=O)O[C@H](COC(=O)CCCCCCCCCCC)COC(=O)CCCCCCCCCCCC. The summed E-state index contributed by atoms with van der Waals surface area (Å²) in [5, 5.41) is 0. The second kappa shape index (κ2) is 38.2. The molecule has 0 aromatic rings. The molecule has 0 spiro atoms. The first-order chi connectivity index (χ1) is 23.5. The predicted octanol–water partition coefficient (Wildman–Crippen LogP) is 12.9. The van der Waals surface area contributed by atoms with E-state index in [9.17, 15) is 14.4 Å². The predicted molar refractivity (Wildman–Crippen MR) is 201 cm³/mol. The van der Waals surface area contributed by atoms with Gasteiger partial charge in [0.1, 0.15) is 13.2 Å². The molecule has 0 aromatic carbocycles. The molecule has 0 aromatic heterocycles. The number of hydrogen-bond donors (Lipinski definition) is 0. The minimum Gasteiger partial charge on any atom is -0.462 e. The quantitative estimate of drug-likeness (QED) is 0.0367. The summed E-state index contributed by atoms with van der Waals surface area (Å²) >= 11 is 0. The number of hydrogen-bond acceptors (Lipinski definition) is 6. The Kier molecular flexibility index (Phi) is 36.9. The average molecular weight is 681 g/mol. The minimum absolute atomic E-state index is 0.0636. The molecule has 0 N–H and O–H groups in total. The molecule has 0 fully saturated rings. The van der Waals surface area contributed by atoms with Gasteiger partial charge in [-0.1, -0.05) is 194 Å². The first-order valence-electron chi connectivity index (χ1n) is 21.0. The van der Waals surface area contributed by atoms with E-state index in [1.54, 1.807) is 0 Å². The fraction of sp³-hybridized carbons (Fsp3) is 0.929. The molecule has 0 aliphatic carbocycles. The maximum Gasteiger partial charge on any atom is 0.306 e. The number of carbonyl (C=O) groups is 3. The van der Waals surface area contributed by atoms with Crippen molar-refractivity contribution < 1.29 is 28.6 Å². The Bertz CT molecular complexity index is 708. The van der Waals surface area contributed by atoms with Gasteiger partial charge in [0.15, 0.2) is 6.10 Å². The van der Waals surface area contributed by atoms with Gasteiger partial charge in [0.25, 0.3) is 0 Å². The molecule has 0 rings (SSSR count). The van der Waals surface area contributed by atoms with Gasteiger partial charge in [-0.25, -0.2) is 0 Å². The second-order valence-electron chi connectivity index (χ2n) is 14.3. The zero-order chi connectivity index (χ0) is 35.2. The number of ether oxygens (including phenoxy) is 3. The third kappa shape index (κ3) is 35.7. The lowest BCUT2D eigenvalue weighted by molar-refractivity contribution is -0.167. The molecule has 48 heavy (non-hydrogen) atoms. The van der Waals surface area contributed by atoms with Crippen molar-refractivity contribution in [2.24, 2.45) is 0 Å². The first kappa shape index (κ1) is 46.4. The monoisotopic (exact) mass is 681 g/mol. The van der Waals surface area contributed by atoms with Crippen molar-refractivity contribution in [3.63, 3.8) is 0 Å². The molecule has 0 amide bonds. The highest BCUT2D eigenvalue weighted by Crippen LogP contribution is 2.15. The molecular weight excluding hydrogens is 600 g/mol. The number of rotatable bonds is 38. The smallest absolute Gasteiger partial charge is 0.306 e. The third-order valence-electron chi connectivity index (χ3n) is 9.36. The van der Waals surface area contributed by atoms with E-state index in [2.05, 4.69) is 20.8 Å². The lowest BCUT2D eigenvalue weighted by atomic mass is 10.1. The second-order valence-corrected chi connectivity index (χ2v) is 14.3. The summed E-state index contributed by atoms with van der Waals surface area (Å²) in [5.74, 6) is -0.861. The molecule has 0 heterocycles. The molecule has 0 unspecified atom stereocenters. The number of esters is 3. The maximum atomic E-state index is 12.6. The molecule has 6 nitrogen and oxygen atoms in total. The summed E-state index contributed by atoms with van der Waals surface area (Å²) in [6, 6.07) is 0. The van der Waals surface area contributed by atoms with Crippen LogP contribution in [0.25, 0.3) is 0 Å². The minimum atomic E-state index is -0.756. The van der Waals surface area contributed by atoms with Crippen molar-refractivity contribution in [2.45, 2.75) is 239 Å². The van der Waals surface area contributed by atoms with Crippen molar-refractivity contribution in [1.29, 1.82) is 0 Å². The van der Waals surface area contributed by atoms with Gasteiger partial charge in [-0.3, -0.25) is 14.4 Å². The Balaban J connectivity index is 4.33. The van der Waals surface area contributed by atoms with Crippen molar-refractivity contribution in [1.82, 2.24) is 0 Å². The van der Waals surface area contributed by atoms with Crippen LogP contribution in [0.5, 0.6) is 0 Å². The van der Waals surface area contributed by atoms with Gasteiger partial charge in [-0.15, -0.1) is 0 Å². The summed E-state index contributed by atoms with van der Waals surface area (Å²) < 4.78 is 16.6. The van der Waals surface area contributed by atoms with E-state index in [4.69, 9.17) is 14.2 Å². The van der Waals surface area contributed by atoms with Gasteiger partial charge in [0.2, 0.25) is 0 Å². The molecule has 0 bridgehead atoms. The number of carbonyl (C=O) groups excluding carboxylic acids is 3. The van der Waals surface area contributed by atoms with Crippen LogP contribution in [-0.2, 0) is 28.6 Å². The molecule has 6 heteroatoms. The van der Waals surface area contributed by atoms with Crippen LogP contribution in [0.4, 0.5) is 0 Å². The summed E-state index contributed by atoms with van der Waals surface area (Å²) in [5.41, 5.74) is 0. The van der Waals surface area contributed by atoms with Crippen molar-refractivity contribution in [2.75, 3.05) is 13.2 Å². The van der Waals surface area contributed by atoms with Gasteiger partial charge in [0.05, 0.1) is 0 Å². The van der Waals surface area contributed by atoms with E-state index in [-0.39, 0.29) is 31.1 Å². The van der Waals surface area contributed by atoms with Crippen LogP contribution in [0.1, 0.15) is 233 Å². The van der Waals surface area contributed by atoms with Crippen molar-refractivity contribution >= 4 is 17.9 Å². The Morgan fingerprint density at radius 2 is 0.562 bits per heavy atom. The fourth-order valence-corrected chi connectivity index (χ4v) is 6.15. The fourth-order valence-electron chi connectivity index (χ4n) is 6.15. The van der Waals surface area contributed by atoms with Gasteiger partial charge in [0, 0.05) is 19.3 Å². The molecule has 0 saturated heterocycles. The van der Waals surface area contributed by atoms with Crippen LogP contribution >= 0.6 is 0 Å². The zero-order valence-electron chi connectivity index (χ0n) is 32.3. The molecule has 1 atom stereocenters. The van der Waals surface area contributed by atoms with Gasteiger partial charge >= 0.3 is 17.9 Å². The molecular formula is C42H80O6. The van der Waals surface area contributed by atoms with E-state index in [0.29, 0.717) is 19.3 Å². The van der Waals surface area contributed by atoms with Crippen LogP contribution in [0.15, 0.2) is 0 Å². The number of unbranched alkanes of at least 4 members (excludes halogenated alkanes) is 27.